The molecule has 0 atom stereocenters. The monoisotopic (exact) mass is 308 g/mol. The Kier molecular flexibility index (Phi) is 4.27. The summed E-state index contributed by atoms with van der Waals surface area (Å²) in [7, 11) is -3.40. The first kappa shape index (κ1) is 15.0. The number of oxime groups is 1. The second-order valence-corrected chi connectivity index (χ2v) is 6.66. The second-order valence-electron chi connectivity index (χ2n) is 4.55. The van der Waals surface area contributed by atoms with Crippen molar-refractivity contribution in [1.82, 2.24) is 9.78 Å². The molecule has 1 aromatic heterocycles. The largest absolute Gasteiger partial charge is 0.409 e. The average Bonchev–Trinajstić information content (AvgIpc) is 2.90. The van der Waals surface area contributed by atoms with Crippen LogP contribution in [0.15, 0.2) is 46.6 Å². The Bertz CT molecular complexity index is 748. The second kappa shape index (κ2) is 5.96. The molecular formula is C13H16N4O3S. The van der Waals surface area contributed by atoms with E-state index in [1.807, 2.05) is 13.0 Å². The Morgan fingerprint density at radius 2 is 2.00 bits per heavy atom. The highest BCUT2D eigenvalue weighted by Crippen LogP contribution is 2.13. The standard InChI is InChI=1S/C13H16N4O3S/c1-10-6-7-17(15-10)8-9-21(19,20)12-4-2-11(3-5-12)13(14)16-18/h2-7,18H,8-9H2,1H3,(H2,14,16). The number of hydrogen-bond acceptors (Lipinski definition) is 5. The summed E-state index contributed by atoms with van der Waals surface area (Å²) in [5.41, 5.74) is 6.73. The predicted molar refractivity (Wildman–Crippen MR) is 78.0 cm³/mol. The van der Waals surface area contributed by atoms with Crippen molar-refractivity contribution in [2.24, 2.45) is 10.9 Å². The zero-order chi connectivity index (χ0) is 15.5. The molecule has 0 saturated carbocycles. The number of aromatic nitrogens is 2. The molecule has 112 valence electrons. The van der Waals surface area contributed by atoms with Crippen molar-refractivity contribution in [2.45, 2.75) is 18.4 Å². The molecule has 0 unspecified atom stereocenters. The number of nitrogens with zero attached hydrogens (tertiary/aromatic N) is 3. The SMILES string of the molecule is Cc1ccn(CCS(=O)(=O)c2ccc(/C(N)=N/O)cc2)n1. The van der Waals surface area contributed by atoms with E-state index in [-0.39, 0.29) is 23.0 Å². The molecule has 3 N–H and O–H groups in total. The summed E-state index contributed by atoms with van der Waals surface area (Å²) in [5.74, 6) is -0.109. The summed E-state index contributed by atoms with van der Waals surface area (Å²) >= 11 is 0. The van der Waals surface area contributed by atoms with Crippen LogP contribution in [0.2, 0.25) is 0 Å². The van der Waals surface area contributed by atoms with Crippen LogP contribution in [0.1, 0.15) is 11.3 Å². The minimum absolute atomic E-state index is 0.0446. The van der Waals surface area contributed by atoms with Crippen LogP contribution in [0, 0.1) is 6.92 Å². The summed E-state index contributed by atoms with van der Waals surface area (Å²) in [4.78, 5) is 0.195. The van der Waals surface area contributed by atoms with E-state index in [0.29, 0.717) is 5.56 Å². The third-order valence-electron chi connectivity index (χ3n) is 2.98. The van der Waals surface area contributed by atoms with Crippen molar-refractivity contribution in [3.63, 3.8) is 0 Å². The molecule has 1 heterocycles. The van der Waals surface area contributed by atoms with E-state index in [4.69, 9.17) is 10.9 Å². The van der Waals surface area contributed by atoms with E-state index in [9.17, 15) is 8.42 Å². The van der Waals surface area contributed by atoms with Crippen molar-refractivity contribution in [3.05, 3.63) is 47.8 Å². The number of hydrogen-bond donors (Lipinski definition) is 2. The molecule has 0 radical (unpaired) electrons. The molecule has 21 heavy (non-hydrogen) atoms. The molecule has 0 aliphatic heterocycles. The summed E-state index contributed by atoms with van der Waals surface area (Å²) in [6.07, 6.45) is 1.74. The molecule has 0 fully saturated rings. The van der Waals surface area contributed by atoms with E-state index in [0.717, 1.165) is 5.69 Å². The highest BCUT2D eigenvalue weighted by atomic mass is 32.2. The van der Waals surface area contributed by atoms with Gasteiger partial charge in [-0.1, -0.05) is 5.16 Å². The fourth-order valence-corrected chi connectivity index (χ4v) is 3.02. The molecule has 2 aromatic rings. The molecule has 8 heteroatoms. The normalized spacial score (nSPS) is 12.5. The molecule has 0 bridgehead atoms. The summed E-state index contributed by atoms with van der Waals surface area (Å²) < 4.78 is 26.0. The number of sulfone groups is 1. The van der Waals surface area contributed by atoms with Gasteiger partial charge in [0.1, 0.15) is 0 Å². The quantitative estimate of drug-likeness (QED) is 0.367. The first-order valence-corrected chi connectivity index (χ1v) is 7.88. The minimum Gasteiger partial charge on any atom is -0.409 e. The van der Waals surface area contributed by atoms with Gasteiger partial charge in [0.2, 0.25) is 0 Å². The van der Waals surface area contributed by atoms with Gasteiger partial charge in [-0.05, 0) is 37.3 Å². The Morgan fingerprint density at radius 3 is 2.52 bits per heavy atom. The highest BCUT2D eigenvalue weighted by molar-refractivity contribution is 7.91. The Hall–Kier alpha value is -2.35. The summed E-state index contributed by atoms with van der Waals surface area (Å²) in [6.45, 7) is 2.13. The lowest BCUT2D eigenvalue weighted by Crippen LogP contribution is -2.15. The van der Waals surface area contributed by atoms with Crippen LogP contribution >= 0.6 is 0 Å². The summed E-state index contributed by atoms with van der Waals surface area (Å²) in [5, 5.41) is 15.6. The van der Waals surface area contributed by atoms with E-state index >= 15 is 0 Å². The van der Waals surface area contributed by atoms with Crippen molar-refractivity contribution in [2.75, 3.05) is 5.75 Å². The fraction of sp³-hybridized carbons (Fsp3) is 0.231. The van der Waals surface area contributed by atoms with Crippen LogP contribution in [-0.2, 0) is 16.4 Å². The maximum atomic E-state index is 12.2. The van der Waals surface area contributed by atoms with Crippen molar-refractivity contribution < 1.29 is 13.6 Å². The van der Waals surface area contributed by atoms with Gasteiger partial charge in [0.05, 0.1) is 22.9 Å². The number of nitrogens with two attached hydrogens (primary N) is 1. The van der Waals surface area contributed by atoms with Gasteiger partial charge in [0.15, 0.2) is 15.7 Å². The Morgan fingerprint density at radius 1 is 1.33 bits per heavy atom. The van der Waals surface area contributed by atoms with Gasteiger partial charge >= 0.3 is 0 Å². The van der Waals surface area contributed by atoms with Crippen LogP contribution < -0.4 is 5.73 Å². The molecule has 7 nitrogen and oxygen atoms in total. The van der Waals surface area contributed by atoms with Gasteiger partial charge in [-0.25, -0.2) is 8.42 Å². The van der Waals surface area contributed by atoms with Crippen LogP contribution in [-0.4, -0.2) is 35.0 Å². The van der Waals surface area contributed by atoms with Crippen LogP contribution in [0.4, 0.5) is 0 Å². The van der Waals surface area contributed by atoms with E-state index in [1.54, 1.807) is 10.9 Å². The average molecular weight is 308 g/mol. The van der Waals surface area contributed by atoms with E-state index in [1.165, 1.54) is 24.3 Å². The minimum atomic E-state index is -3.40. The first-order chi connectivity index (χ1) is 9.92. The third kappa shape index (κ3) is 3.60. The maximum Gasteiger partial charge on any atom is 0.180 e. The van der Waals surface area contributed by atoms with Crippen molar-refractivity contribution in [3.8, 4) is 0 Å². The number of aryl methyl sites for hydroxylation is 2. The molecule has 0 spiro atoms. The molecule has 0 saturated heterocycles. The lowest BCUT2D eigenvalue weighted by Gasteiger charge is -2.06. The zero-order valence-corrected chi connectivity index (χ0v) is 12.3. The van der Waals surface area contributed by atoms with Crippen LogP contribution in [0.5, 0.6) is 0 Å². The van der Waals surface area contributed by atoms with Gasteiger partial charge in [-0.3, -0.25) is 4.68 Å². The third-order valence-corrected chi connectivity index (χ3v) is 4.69. The van der Waals surface area contributed by atoms with Crippen LogP contribution in [0.25, 0.3) is 0 Å². The predicted octanol–water partition coefficient (Wildman–Crippen LogP) is 0.760. The fourth-order valence-electron chi connectivity index (χ4n) is 1.81. The lowest BCUT2D eigenvalue weighted by molar-refractivity contribution is 0.318. The molecule has 0 aliphatic rings. The van der Waals surface area contributed by atoms with E-state index in [2.05, 4.69) is 10.3 Å². The number of benzene rings is 1. The lowest BCUT2D eigenvalue weighted by atomic mass is 10.2. The van der Waals surface area contributed by atoms with Gasteiger partial charge in [-0.15, -0.1) is 0 Å². The molecule has 0 amide bonds. The van der Waals surface area contributed by atoms with Gasteiger partial charge in [0.25, 0.3) is 0 Å². The first-order valence-electron chi connectivity index (χ1n) is 6.23. The molecular weight excluding hydrogens is 292 g/mol. The molecule has 1 aromatic carbocycles. The topological polar surface area (TPSA) is 111 Å². The Balaban J connectivity index is 2.12. The van der Waals surface area contributed by atoms with E-state index < -0.39 is 9.84 Å². The Labute approximate surface area is 122 Å². The van der Waals surface area contributed by atoms with Gasteiger partial charge < -0.3 is 10.9 Å². The van der Waals surface area contributed by atoms with Gasteiger partial charge in [-0.2, -0.15) is 5.10 Å². The molecule has 2 rings (SSSR count). The highest BCUT2D eigenvalue weighted by Gasteiger charge is 2.15. The zero-order valence-electron chi connectivity index (χ0n) is 11.5. The smallest absolute Gasteiger partial charge is 0.180 e. The van der Waals surface area contributed by atoms with Gasteiger partial charge in [0, 0.05) is 11.8 Å². The number of rotatable bonds is 5. The maximum absolute atomic E-state index is 12.2. The number of amidine groups is 1. The van der Waals surface area contributed by atoms with Crippen LogP contribution in [0.3, 0.4) is 0 Å². The molecule has 0 aliphatic carbocycles. The van der Waals surface area contributed by atoms with Crippen molar-refractivity contribution in [1.29, 1.82) is 0 Å². The van der Waals surface area contributed by atoms with Crippen molar-refractivity contribution >= 4 is 15.7 Å². The summed E-state index contributed by atoms with van der Waals surface area (Å²) in [6, 6.07) is 7.70.